The van der Waals surface area contributed by atoms with Crippen LogP contribution in [-0.4, -0.2) is 11.8 Å². The second kappa shape index (κ2) is 3.73. The first kappa shape index (κ1) is 9.96. The van der Waals surface area contributed by atoms with E-state index in [0.717, 1.165) is 12.0 Å². The van der Waals surface area contributed by atoms with Crippen LogP contribution in [0.4, 0.5) is 0 Å². The van der Waals surface area contributed by atoms with Gasteiger partial charge in [0.25, 0.3) is 5.91 Å². The summed E-state index contributed by atoms with van der Waals surface area (Å²) in [4.78, 5) is 22.2. The van der Waals surface area contributed by atoms with Crippen LogP contribution in [0.15, 0.2) is 11.1 Å². The average Bonchev–Trinajstić information content (AvgIpc) is 2.42. The first-order chi connectivity index (χ1) is 6.06. The molecule has 0 spiro atoms. The van der Waals surface area contributed by atoms with Crippen LogP contribution in [0, 0.1) is 5.92 Å². The van der Waals surface area contributed by atoms with Gasteiger partial charge in [0.15, 0.2) is 0 Å². The van der Waals surface area contributed by atoms with Crippen molar-refractivity contribution < 1.29 is 9.59 Å². The summed E-state index contributed by atoms with van der Waals surface area (Å²) in [6, 6.07) is 0. The molecule has 72 valence electrons. The first-order valence-corrected chi connectivity index (χ1v) is 4.60. The quantitative estimate of drug-likeness (QED) is 0.517. The van der Waals surface area contributed by atoms with Crippen molar-refractivity contribution in [2.45, 2.75) is 33.6 Å². The molecule has 1 aliphatic rings. The minimum Gasteiger partial charge on any atom is -0.292 e. The van der Waals surface area contributed by atoms with Crippen LogP contribution in [0.2, 0.25) is 0 Å². The van der Waals surface area contributed by atoms with Gasteiger partial charge in [-0.3, -0.25) is 14.9 Å². The third-order valence-corrected chi connectivity index (χ3v) is 2.69. The SMILES string of the molecule is CCC(C)C(C)=C1CC(=O)NC1=O. The lowest BCUT2D eigenvalue weighted by atomic mass is 9.94. The molecule has 3 heteroatoms. The molecule has 1 rings (SSSR count). The molecule has 2 amide bonds. The van der Waals surface area contributed by atoms with E-state index in [1.165, 1.54) is 0 Å². The van der Waals surface area contributed by atoms with E-state index >= 15 is 0 Å². The molecule has 0 saturated carbocycles. The van der Waals surface area contributed by atoms with Crippen molar-refractivity contribution in [2.24, 2.45) is 5.92 Å². The maximum absolute atomic E-state index is 11.3. The number of carbonyl (C=O) groups is 2. The van der Waals surface area contributed by atoms with Gasteiger partial charge < -0.3 is 0 Å². The van der Waals surface area contributed by atoms with E-state index in [1.807, 2.05) is 6.92 Å². The summed E-state index contributed by atoms with van der Waals surface area (Å²) < 4.78 is 0. The van der Waals surface area contributed by atoms with E-state index in [1.54, 1.807) is 0 Å². The molecule has 1 N–H and O–H groups in total. The van der Waals surface area contributed by atoms with Crippen LogP contribution in [-0.2, 0) is 9.59 Å². The van der Waals surface area contributed by atoms with E-state index < -0.39 is 0 Å². The summed E-state index contributed by atoms with van der Waals surface area (Å²) in [5.41, 5.74) is 1.71. The lowest BCUT2D eigenvalue weighted by molar-refractivity contribution is -0.124. The molecule has 0 bridgehead atoms. The van der Waals surface area contributed by atoms with Gasteiger partial charge in [-0.1, -0.05) is 19.4 Å². The average molecular weight is 181 g/mol. The molecule has 1 fully saturated rings. The van der Waals surface area contributed by atoms with Gasteiger partial charge in [0.1, 0.15) is 0 Å². The third-order valence-electron chi connectivity index (χ3n) is 2.69. The van der Waals surface area contributed by atoms with Crippen LogP contribution >= 0.6 is 0 Å². The molecule has 0 aromatic rings. The van der Waals surface area contributed by atoms with E-state index in [2.05, 4.69) is 19.2 Å². The van der Waals surface area contributed by atoms with Crippen LogP contribution < -0.4 is 5.32 Å². The van der Waals surface area contributed by atoms with Crippen LogP contribution in [0.3, 0.4) is 0 Å². The molecular weight excluding hydrogens is 166 g/mol. The van der Waals surface area contributed by atoms with Crippen LogP contribution in [0.5, 0.6) is 0 Å². The monoisotopic (exact) mass is 181 g/mol. The predicted molar refractivity (Wildman–Crippen MR) is 49.9 cm³/mol. The molecule has 0 radical (unpaired) electrons. The van der Waals surface area contributed by atoms with Gasteiger partial charge in [-0.2, -0.15) is 0 Å². The van der Waals surface area contributed by atoms with E-state index in [9.17, 15) is 9.59 Å². The largest absolute Gasteiger partial charge is 0.292 e. The molecular formula is C10H15NO2. The van der Waals surface area contributed by atoms with Crippen molar-refractivity contribution in [3.8, 4) is 0 Å². The number of hydrogen-bond donors (Lipinski definition) is 1. The lowest BCUT2D eigenvalue weighted by Crippen LogP contribution is -2.20. The van der Waals surface area contributed by atoms with Crippen molar-refractivity contribution in [2.75, 3.05) is 0 Å². The Morgan fingerprint density at radius 3 is 2.54 bits per heavy atom. The number of amides is 2. The number of hydrogen-bond acceptors (Lipinski definition) is 2. The zero-order valence-electron chi connectivity index (χ0n) is 8.31. The smallest absolute Gasteiger partial charge is 0.254 e. The topological polar surface area (TPSA) is 46.2 Å². The van der Waals surface area contributed by atoms with E-state index in [0.29, 0.717) is 11.5 Å². The van der Waals surface area contributed by atoms with Gasteiger partial charge >= 0.3 is 0 Å². The van der Waals surface area contributed by atoms with Gasteiger partial charge in [0.2, 0.25) is 5.91 Å². The minimum atomic E-state index is -0.206. The molecule has 1 heterocycles. The molecule has 13 heavy (non-hydrogen) atoms. The highest BCUT2D eigenvalue weighted by Crippen LogP contribution is 2.22. The summed E-state index contributed by atoms with van der Waals surface area (Å²) in [6.07, 6.45) is 1.26. The third kappa shape index (κ3) is 1.97. The fraction of sp³-hybridized carbons (Fsp3) is 0.600. The Labute approximate surface area is 78.2 Å². The number of rotatable bonds is 2. The van der Waals surface area contributed by atoms with Crippen molar-refractivity contribution >= 4 is 11.8 Å². The Morgan fingerprint density at radius 2 is 2.15 bits per heavy atom. The summed E-state index contributed by atoms with van der Waals surface area (Å²) >= 11 is 0. The van der Waals surface area contributed by atoms with Gasteiger partial charge in [-0.05, 0) is 19.3 Å². The maximum atomic E-state index is 11.3. The summed E-state index contributed by atoms with van der Waals surface area (Å²) in [5.74, 6) is -0.00268. The molecule has 0 aromatic carbocycles. The highest BCUT2D eigenvalue weighted by atomic mass is 16.2. The van der Waals surface area contributed by atoms with Crippen LogP contribution in [0.25, 0.3) is 0 Å². The number of allylic oxidation sites excluding steroid dienone is 1. The van der Waals surface area contributed by atoms with Crippen LogP contribution in [0.1, 0.15) is 33.6 Å². The summed E-state index contributed by atoms with van der Waals surface area (Å²) in [5, 5.41) is 2.29. The fourth-order valence-corrected chi connectivity index (χ4v) is 1.41. The van der Waals surface area contributed by atoms with Gasteiger partial charge in [-0.25, -0.2) is 0 Å². The van der Waals surface area contributed by atoms with Crippen molar-refractivity contribution in [3.05, 3.63) is 11.1 Å². The number of nitrogens with one attached hydrogen (secondary N) is 1. The molecule has 0 aliphatic carbocycles. The summed E-state index contributed by atoms with van der Waals surface area (Å²) in [7, 11) is 0. The van der Waals surface area contributed by atoms with Gasteiger partial charge in [0, 0.05) is 5.57 Å². The molecule has 1 unspecified atom stereocenters. The Balaban J connectivity index is 2.91. The van der Waals surface area contributed by atoms with Gasteiger partial charge in [0.05, 0.1) is 6.42 Å². The molecule has 1 atom stereocenters. The van der Waals surface area contributed by atoms with Gasteiger partial charge in [-0.15, -0.1) is 0 Å². The first-order valence-electron chi connectivity index (χ1n) is 4.60. The maximum Gasteiger partial charge on any atom is 0.254 e. The molecule has 1 saturated heterocycles. The Morgan fingerprint density at radius 1 is 1.54 bits per heavy atom. The van der Waals surface area contributed by atoms with Crippen molar-refractivity contribution in [1.82, 2.24) is 5.32 Å². The molecule has 1 aliphatic heterocycles. The fourth-order valence-electron chi connectivity index (χ4n) is 1.41. The Bertz CT molecular complexity index is 279. The van der Waals surface area contributed by atoms with E-state index in [4.69, 9.17) is 0 Å². The molecule has 0 aromatic heterocycles. The normalized spacial score (nSPS) is 23.0. The van der Waals surface area contributed by atoms with Crippen molar-refractivity contribution in [3.63, 3.8) is 0 Å². The Hall–Kier alpha value is -1.12. The zero-order valence-corrected chi connectivity index (χ0v) is 8.31. The second-order valence-corrected chi connectivity index (χ2v) is 3.52. The standard InChI is InChI=1S/C10H15NO2/c1-4-6(2)7(3)8-5-9(12)11-10(8)13/h6H,4-5H2,1-3H3,(H,11,12,13). The zero-order chi connectivity index (χ0) is 10.0. The highest BCUT2D eigenvalue weighted by molar-refractivity contribution is 6.13. The highest BCUT2D eigenvalue weighted by Gasteiger charge is 2.26. The predicted octanol–water partition coefficient (Wildman–Crippen LogP) is 1.40. The Kier molecular flexibility index (Phi) is 2.86. The van der Waals surface area contributed by atoms with Crippen molar-refractivity contribution in [1.29, 1.82) is 0 Å². The molecule has 3 nitrogen and oxygen atoms in total. The number of carbonyl (C=O) groups excluding carboxylic acids is 2. The second-order valence-electron chi connectivity index (χ2n) is 3.52. The lowest BCUT2D eigenvalue weighted by Gasteiger charge is -2.10. The number of imide groups is 1. The summed E-state index contributed by atoms with van der Waals surface area (Å²) in [6.45, 7) is 6.07. The van der Waals surface area contributed by atoms with E-state index in [-0.39, 0.29) is 18.2 Å². The minimum absolute atomic E-state index is 0.178.